The summed E-state index contributed by atoms with van der Waals surface area (Å²) in [6.07, 6.45) is 0.929. The highest BCUT2D eigenvalue weighted by Gasteiger charge is 2.28. The van der Waals surface area contributed by atoms with E-state index in [0.29, 0.717) is 4.75 Å². The summed E-state index contributed by atoms with van der Waals surface area (Å²) < 4.78 is 5.57. The van der Waals surface area contributed by atoms with Gasteiger partial charge in [-0.15, -0.1) is 24.0 Å². The lowest BCUT2D eigenvalue weighted by molar-refractivity contribution is 0.376. The van der Waals surface area contributed by atoms with Crippen LogP contribution >= 0.6 is 35.7 Å². The maximum atomic E-state index is 5.28. The SMILES string of the molecule is CCNC(=NCCc1cccc(OC)c1)N1CCSC(C)(C)C1.I. The van der Waals surface area contributed by atoms with E-state index in [9.17, 15) is 0 Å². The molecule has 1 saturated heterocycles. The molecule has 24 heavy (non-hydrogen) atoms. The van der Waals surface area contributed by atoms with E-state index < -0.39 is 0 Å². The Morgan fingerprint density at radius 1 is 1.42 bits per heavy atom. The van der Waals surface area contributed by atoms with Crippen molar-refractivity contribution in [3.63, 3.8) is 0 Å². The van der Waals surface area contributed by atoms with Crippen molar-refractivity contribution >= 4 is 41.7 Å². The molecule has 0 spiro atoms. The van der Waals surface area contributed by atoms with Gasteiger partial charge in [0, 0.05) is 36.7 Å². The van der Waals surface area contributed by atoms with Gasteiger partial charge in [-0.1, -0.05) is 12.1 Å². The van der Waals surface area contributed by atoms with Crippen molar-refractivity contribution in [3.8, 4) is 5.75 Å². The number of halogens is 1. The topological polar surface area (TPSA) is 36.9 Å². The number of ether oxygens (including phenoxy) is 1. The number of aliphatic imine (C=N–C) groups is 1. The second kappa shape index (κ2) is 10.4. The summed E-state index contributed by atoms with van der Waals surface area (Å²) in [6, 6.07) is 8.23. The largest absolute Gasteiger partial charge is 0.497 e. The van der Waals surface area contributed by atoms with Crippen molar-refractivity contribution < 1.29 is 4.74 Å². The summed E-state index contributed by atoms with van der Waals surface area (Å²) in [5, 5.41) is 3.44. The van der Waals surface area contributed by atoms with Gasteiger partial charge in [0.15, 0.2) is 5.96 Å². The van der Waals surface area contributed by atoms with Gasteiger partial charge in [-0.3, -0.25) is 4.99 Å². The highest BCUT2D eigenvalue weighted by Crippen LogP contribution is 2.29. The molecule has 0 aromatic heterocycles. The molecule has 1 N–H and O–H groups in total. The lowest BCUT2D eigenvalue weighted by Gasteiger charge is -2.39. The zero-order chi connectivity index (χ0) is 16.7. The molecule has 0 bridgehead atoms. The van der Waals surface area contributed by atoms with Gasteiger partial charge in [0.2, 0.25) is 0 Å². The third-order valence-corrected chi connectivity index (χ3v) is 5.15. The van der Waals surface area contributed by atoms with Crippen molar-refractivity contribution in [1.29, 1.82) is 0 Å². The second-order valence-corrected chi connectivity index (χ2v) is 8.17. The summed E-state index contributed by atoms with van der Waals surface area (Å²) in [5.41, 5.74) is 1.26. The first-order valence-corrected chi connectivity index (χ1v) is 9.33. The van der Waals surface area contributed by atoms with Gasteiger partial charge in [-0.25, -0.2) is 0 Å². The van der Waals surface area contributed by atoms with Crippen molar-refractivity contribution in [1.82, 2.24) is 10.2 Å². The van der Waals surface area contributed by atoms with Crippen LogP contribution in [0.2, 0.25) is 0 Å². The predicted octanol–water partition coefficient (Wildman–Crippen LogP) is 3.65. The molecule has 1 heterocycles. The van der Waals surface area contributed by atoms with Crippen molar-refractivity contribution in [2.75, 3.05) is 39.0 Å². The number of nitrogens with zero attached hydrogens (tertiary/aromatic N) is 2. The maximum Gasteiger partial charge on any atom is 0.193 e. The molecule has 0 unspecified atom stereocenters. The van der Waals surface area contributed by atoms with E-state index in [0.717, 1.165) is 50.1 Å². The highest BCUT2D eigenvalue weighted by molar-refractivity contribution is 14.0. The van der Waals surface area contributed by atoms with E-state index in [2.05, 4.69) is 43.1 Å². The van der Waals surface area contributed by atoms with E-state index in [4.69, 9.17) is 9.73 Å². The molecule has 1 aliphatic rings. The van der Waals surface area contributed by atoms with Crippen LogP contribution in [0.5, 0.6) is 5.75 Å². The van der Waals surface area contributed by atoms with E-state index >= 15 is 0 Å². The lowest BCUT2D eigenvalue weighted by Crippen LogP contribution is -2.51. The Kier molecular flexibility index (Phi) is 9.26. The van der Waals surface area contributed by atoms with Crippen molar-refractivity contribution in [2.24, 2.45) is 4.99 Å². The van der Waals surface area contributed by atoms with Crippen molar-refractivity contribution in [2.45, 2.75) is 31.9 Å². The van der Waals surface area contributed by atoms with Crippen LogP contribution in [-0.2, 0) is 6.42 Å². The van der Waals surface area contributed by atoms with Gasteiger partial charge in [0.05, 0.1) is 7.11 Å². The van der Waals surface area contributed by atoms with E-state index in [1.54, 1.807) is 7.11 Å². The van der Waals surface area contributed by atoms with Gasteiger partial charge >= 0.3 is 0 Å². The first-order chi connectivity index (χ1) is 11.0. The third kappa shape index (κ3) is 6.70. The van der Waals surface area contributed by atoms with Gasteiger partial charge in [0.1, 0.15) is 5.75 Å². The smallest absolute Gasteiger partial charge is 0.193 e. The summed E-state index contributed by atoms with van der Waals surface area (Å²) in [4.78, 5) is 7.23. The normalized spacial score (nSPS) is 17.2. The Hall–Kier alpha value is -0.630. The molecule has 0 atom stereocenters. The first kappa shape index (κ1) is 21.4. The fourth-order valence-electron chi connectivity index (χ4n) is 2.74. The third-order valence-electron chi connectivity index (χ3n) is 3.86. The van der Waals surface area contributed by atoms with Gasteiger partial charge in [-0.2, -0.15) is 11.8 Å². The number of nitrogens with one attached hydrogen (secondary N) is 1. The van der Waals surface area contributed by atoms with Gasteiger partial charge in [-0.05, 0) is 44.9 Å². The second-order valence-electron chi connectivity index (χ2n) is 6.37. The standard InChI is InChI=1S/C18H29N3OS.HI/c1-5-19-17(21-11-12-23-18(2,3)14-21)20-10-9-15-7-6-8-16(13-15)22-4;/h6-8,13H,5,9-12,14H2,1-4H3,(H,19,20);1H. The Balaban J connectivity index is 0.00000288. The van der Waals surface area contributed by atoms with Crippen LogP contribution < -0.4 is 10.1 Å². The zero-order valence-electron chi connectivity index (χ0n) is 15.2. The summed E-state index contributed by atoms with van der Waals surface area (Å²) in [5.74, 6) is 3.12. The van der Waals surface area contributed by atoms with Crippen LogP contribution in [0.25, 0.3) is 0 Å². The minimum atomic E-state index is 0. The predicted molar refractivity (Wildman–Crippen MR) is 116 cm³/mol. The number of thioether (sulfide) groups is 1. The van der Waals surface area contributed by atoms with Crippen molar-refractivity contribution in [3.05, 3.63) is 29.8 Å². The molecule has 0 aliphatic carbocycles. The molecule has 136 valence electrons. The molecule has 1 aliphatic heterocycles. The minimum Gasteiger partial charge on any atom is -0.497 e. The maximum absolute atomic E-state index is 5.28. The number of methoxy groups -OCH3 is 1. The Morgan fingerprint density at radius 3 is 2.88 bits per heavy atom. The van der Waals surface area contributed by atoms with Crippen LogP contribution in [-0.4, -0.2) is 54.6 Å². The van der Waals surface area contributed by atoms with Crippen LogP contribution in [0.1, 0.15) is 26.3 Å². The molecule has 4 nitrogen and oxygen atoms in total. The quantitative estimate of drug-likeness (QED) is 0.411. The number of rotatable bonds is 5. The number of guanidine groups is 1. The van der Waals surface area contributed by atoms with Gasteiger partial charge < -0.3 is 15.0 Å². The molecule has 6 heteroatoms. The molecule has 1 aromatic carbocycles. The average molecular weight is 463 g/mol. The molecule has 1 fully saturated rings. The molecule has 2 rings (SSSR count). The minimum absolute atomic E-state index is 0. The zero-order valence-corrected chi connectivity index (χ0v) is 18.3. The summed E-state index contributed by atoms with van der Waals surface area (Å²) in [7, 11) is 1.71. The Labute approximate surface area is 167 Å². The van der Waals surface area contributed by atoms with Crippen LogP contribution in [0.4, 0.5) is 0 Å². The lowest BCUT2D eigenvalue weighted by atomic mass is 10.1. The number of hydrogen-bond donors (Lipinski definition) is 1. The monoisotopic (exact) mass is 463 g/mol. The van der Waals surface area contributed by atoms with Crippen LogP contribution in [0.15, 0.2) is 29.3 Å². The number of benzene rings is 1. The average Bonchev–Trinajstić information content (AvgIpc) is 2.53. The fourth-order valence-corrected chi connectivity index (χ4v) is 3.85. The molecular weight excluding hydrogens is 433 g/mol. The Bertz CT molecular complexity index is 537. The number of hydrogen-bond acceptors (Lipinski definition) is 3. The van der Waals surface area contributed by atoms with E-state index in [1.807, 2.05) is 23.9 Å². The van der Waals surface area contributed by atoms with Crippen LogP contribution in [0, 0.1) is 0 Å². The first-order valence-electron chi connectivity index (χ1n) is 8.34. The summed E-state index contributed by atoms with van der Waals surface area (Å²) in [6.45, 7) is 10.6. The summed E-state index contributed by atoms with van der Waals surface area (Å²) >= 11 is 2.05. The Morgan fingerprint density at radius 2 is 2.21 bits per heavy atom. The fraction of sp³-hybridized carbons (Fsp3) is 0.611. The van der Waals surface area contributed by atoms with E-state index in [1.165, 1.54) is 5.56 Å². The molecular formula is C18H30IN3OS. The van der Waals surface area contributed by atoms with Crippen LogP contribution in [0.3, 0.4) is 0 Å². The molecule has 1 aromatic rings. The van der Waals surface area contributed by atoms with E-state index in [-0.39, 0.29) is 24.0 Å². The molecule has 0 saturated carbocycles. The molecule has 0 amide bonds. The highest BCUT2D eigenvalue weighted by atomic mass is 127. The van der Waals surface area contributed by atoms with Gasteiger partial charge in [0.25, 0.3) is 0 Å². The molecule has 0 radical (unpaired) electrons.